The number of aromatic nitrogens is 6. The number of aromatic amines is 2. The van der Waals surface area contributed by atoms with Gasteiger partial charge in [-0.2, -0.15) is 18.3 Å². The first kappa shape index (κ1) is 22.5. The molecule has 3 heterocycles. The number of nitrogen functional groups attached to an aromatic ring is 1. The molecular weight excluding hydrogens is 463 g/mol. The number of hydrogen-bond acceptors (Lipinski definition) is 7. The Labute approximate surface area is 196 Å². The number of nitrogens with zero attached hydrogens (tertiary/aromatic N) is 4. The van der Waals surface area contributed by atoms with Gasteiger partial charge in [-0.1, -0.05) is 0 Å². The number of fused-ring (bicyclic) bond motifs is 3. The highest BCUT2D eigenvalue weighted by atomic mass is 19.4. The third kappa shape index (κ3) is 3.88. The number of nitrogens with one attached hydrogen (secondary N) is 4. The SMILES string of the molecule is Cc1nnc(NC(=O)C(=N)c2c(N)ccc3nc(-c4c[nH]nc4C(F)(F)F)c4c(c23)CCCC4)[nH]1. The number of pyridine rings is 1. The highest BCUT2D eigenvalue weighted by molar-refractivity contribution is 6.50. The standard InChI is InChI=1S/C22H20F3N9O/c1-9-29-21(34-32-9)31-20(35)17(27)16-13(26)6-7-14-15(16)10-4-2-3-5-11(10)18(30-14)12-8-28-33-19(12)22(23,24)25/h6-8,27H,2-5,26H2,1H3,(H,28,33)(H2,29,31,32,34,35). The van der Waals surface area contributed by atoms with Crippen LogP contribution in [-0.4, -0.2) is 42.0 Å². The second-order valence-corrected chi connectivity index (χ2v) is 8.28. The summed E-state index contributed by atoms with van der Waals surface area (Å²) in [6.07, 6.45) is -0.840. The number of hydrogen-bond donors (Lipinski definition) is 5. The van der Waals surface area contributed by atoms with Crippen molar-refractivity contribution >= 4 is 34.2 Å². The first-order valence-electron chi connectivity index (χ1n) is 10.8. The fraction of sp³-hybridized carbons (Fsp3) is 0.273. The Morgan fingerprint density at radius 1 is 1.17 bits per heavy atom. The number of aryl methyl sites for hydroxylation is 2. The number of carbonyl (C=O) groups is 1. The van der Waals surface area contributed by atoms with Gasteiger partial charge >= 0.3 is 6.18 Å². The summed E-state index contributed by atoms with van der Waals surface area (Å²) < 4.78 is 40.8. The molecule has 10 nitrogen and oxygen atoms in total. The quantitative estimate of drug-likeness (QED) is 0.220. The number of halogens is 3. The minimum atomic E-state index is -4.65. The summed E-state index contributed by atoms with van der Waals surface area (Å²) in [6.45, 7) is 1.66. The normalized spacial score (nSPS) is 13.6. The smallest absolute Gasteiger partial charge is 0.398 e. The van der Waals surface area contributed by atoms with Crippen LogP contribution in [0.3, 0.4) is 0 Å². The molecule has 0 atom stereocenters. The second-order valence-electron chi connectivity index (χ2n) is 8.28. The first-order chi connectivity index (χ1) is 16.6. The molecule has 4 aromatic rings. The number of carbonyl (C=O) groups excluding carboxylic acids is 1. The Kier molecular flexibility index (Phi) is 5.26. The van der Waals surface area contributed by atoms with E-state index in [2.05, 4.69) is 35.7 Å². The van der Waals surface area contributed by atoms with Gasteiger partial charge in [0.05, 0.1) is 16.8 Å². The zero-order valence-electron chi connectivity index (χ0n) is 18.5. The molecule has 0 unspecified atom stereocenters. The van der Waals surface area contributed by atoms with E-state index in [4.69, 9.17) is 11.1 Å². The van der Waals surface area contributed by atoms with Gasteiger partial charge in [-0.05, 0) is 55.9 Å². The van der Waals surface area contributed by atoms with Crippen molar-refractivity contribution in [1.82, 2.24) is 30.4 Å². The number of rotatable bonds is 4. The van der Waals surface area contributed by atoms with Crippen LogP contribution in [0.4, 0.5) is 24.8 Å². The maximum absolute atomic E-state index is 13.6. The summed E-state index contributed by atoms with van der Waals surface area (Å²) in [5.74, 6) is -0.193. The fourth-order valence-electron chi connectivity index (χ4n) is 4.50. The molecule has 13 heteroatoms. The maximum atomic E-state index is 13.6. The lowest BCUT2D eigenvalue weighted by Gasteiger charge is -2.23. The summed E-state index contributed by atoms with van der Waals surface area (Å²) in [5.41, 5.74) is 6.91. The van der Waals surface area contributed by atoms with Crippen molar-refractivity contribution in [2.45, 2.75) is 38.8 Å². The molecule has 3 aromatic heterocycles. The van der Waals surface area contributed by atoms with Gasteiger partial charge in [0, 0.05) is 22.8 Å². The molecule has 1 aliphatic rings. The highest BCUT2D eigenvalue weighted by Crippen LogP contribution is 2.41. The molecule has 35 heavy (non-hydrogen) atoms. The average Bonchev–Trinajstić information content (AvgIpc) is 3.47. The summed E-state index contributed by atoms with van der Waals surface area (Å²) in [6, 6.07) is 3.08. The van der Waals surface area contributed by atoms with Crippen LogP contribution < -0.4 is 11.1 Å². The maximum Gasteiger partial charge on any atom is 0.435 e. The van der Waals surface area contributed by atoms with Crippen LogP contribution in [0.5, 0.6) is 0 Å². The highest BCUT2D eigenvalue weighted by Gasteiger charge is 2.38. The zero-order valence-corrected chi connectivity index (χ0v) is 18.5. The lowest BCUT2D eigenvalue weighted by Crippen LogP contribution is -2.25. The van der Waals surface area contributed by atoms with Crippen molar-refractivity contribution in [3.8, 4) is 11.3 Å². The Hall–Kier alpha value is -4.29. The van der Waals surface area contributed by atoms with Crippen LogP contribution in [0, 0.1) is 12.3 Å². The van der Waals surface area contributed by atoms with E-state index in [1.807, 2.05) is 0 Å². The van der Waals surface area contributed by atoms with E-state index >= 15 is 0 Å². The fourth-order valence-corrected chi connectivity index (χ4v) is 4.50. The molecule has 1 aromatic carbocycles. The number of nitrogens with two attached hydrogens (primary N) is 1. The molecule has 0 bridgehead atoms. The van der Waals surface area contributed by atoms with Crippen LogP contribution in [-0.2, 0) is 23.8 Å². The minimum Gasteiger partial charge on any atom is -0.398 e. The van der Waals surface area contributed by atoms with Crippen LogP contribution in [0.25, 0.3) is 22.2 Å². The van der Waals surface area contributed by atoms with Crippen LogP contribution >= 0.6 is 0 Å². The monoisotopic (exact) mass is 483 g/mol. The van der Waals surface area contributed by atoms with Gasteiger partial charge in [-0.3, -0.25) is 20.6 Å². The van der Waals surface area contributed by atoms with Crippen molar-refractivity contribution in [3.05, 3.63) is 46.5 Å². The van der Waals surface area contributed by atoms with Crippen LogP contribution in [0.1, 0.15) is 41.1 Å². The van der Waals surface area contributed by atoms with Crippen molar-refractivity contribution in [1.29, 1.82) is 5.41 Å². The molecule has 1 aliphatic carbocycles. The number of alkyl halides is 3. The number of benzene rings is 1. The van der Waals surface area contributed by atoms with Crippen molar-refractivity contribution in [3.63, 3.8) is 0 Å². The minimum absolute atomic E-state index is 0.0816. The topological polar surface area (TPSA) is 162 Å². The summed E-state index contributed by atoms with van der Waals surface area (Å²) >= 11 is 0. The largest absolute Gasteiger partial charge is 0.435 e. The molecular formula is C22H20F3N9O. The number of anilines is 2. The Balaban J connectivity index is 1.69. The van der Waals surface area contributed by atoms with Crippen LogP contribution in [0.15, 0.2) is 18.3 Å². The lowest BCUT2D eigenvalue weighted by molar-refractivity contribution is -0.140. The molecule has 0 radical (unpaired) electrons. The molecule has 0 saturated carbocycles. The summed E-state index contributed by atoms with van der Waals surface area (Å²) in [5, 5.41) is 24.8. The van der Waals surface area contributed by atoms with E-state index in [-0.39, 0.29) is 28.5 Å². The van der Waals surface area contributed by atoms with Gasteiger partial charge in [-0.15, -0.1) is 10.2 Å². The van der Waals surface area contributed by atoms with Gasteiger partial charge in [0.15, 0.2) is 5.69 Å². The van der Waals surface area contributed by atoms with E-state index in [9.17, 15) is 18.0 Å². The number of amides is 1. The molecule has 1 amide bonds. The lowest BCUT2D eigenvalue weighted by atomic mass is 9.84. The Morgan fingerprint density at radius 3 is 2.60 bits per heavy atom. The second kappa shape index (κ2) is 8.18. The van der Waals surface area contributed by atoms with Crippen LogP contribution in [0.2, 0.25) is 0 Å². The Morgan fingerprint density at radius 2 is 1.91 bits per heavy atom. The molecule has 180 valence electrons. The van der Waals surface area contributed by atoms with Gasteiger partial charge in [0.25, 0.3) is 5.91 Å². The summed E-state index contributed by atoms with van der Waals surface area (Å²) in [4.78, 5) is 20.2. The van der Waals surface area contributed by atoms with Crippen molar-refractivity contribution in [2.24, 2.45) is 0 Å². The Bertz CT molecular complexity index is 1490. The first-order valence-corrected chi connectivity index (χ1v) is 10.8. The van der Waals surface area contributed by atoms with Crippen molar-refractivity contribution in [2.75, 3.05) is 11.1 Å². The van der Waals surface area contributed by atoms with Crippen molar-refractivity contribution < 1.29 is 18.0 Å². The van der Waals surface area contributed by atoms with E-state index in [0.717, 1.165) is 18.4 Å². The third-order valence-electron chi connectivity index (χ3n) is 5.98. The molecule has 0 fully saturated rings. The van der Waals surface area contributed by atoms with Gasteiger partial charge in [-0.25, -0.2) is 4.98 Å². The summed E-state index contributed by atoms with van der Waals surface area (Å²) in [7, 11) is 0. The molecule has 0 spiro atoms. The average molecular weight is 483 g/mol. The predicted molar refractivity (Wildman–Crippen MR) is 122 cm³/mol. The third-order valence-corrected chi connectivity index (χ3v) is 5.98. The number of H-pyrrole nitrogens is 2. The molecule has 0 saturated heterocycles. The van der Waals surface area contributed by atoms with E-state index in [0.29, 0.717) is 35.1 Å². The van der Waals surface area contributed by atoms with E-state index in [1.165, 1.54) is 12.3 Å². The van der Waals surface area contributed by atoms with E-state index < -0.39 is 23.5 Å². The van der Waals surface area contributed by atoms with Gasteiger partial charge in [0.1, 0.15) is 11.5 Å². The van der Waals surface area contributed by atoms with E-state index in [1.54, 1.807) is 13.0 Å². The molecule has 6 N–H and O–H groups in total. The predicted octanol–water partition coefficient (Wildman–Crippen LogP) is 3.54. The van der Waals surface area contributed by atoms with Gasteiger partial charge < -0.3 is 10.7 Å². The molecule has 5 rings (SSSR count). The molecule has 0 aliphatic heterocycles. The van der Waals surface area contributed by atoms with Gasteiger partial charge in [0.2, 0.25) is 5.95 Å². The zero-order chi connectivity index (χ0) is 24.9.